The van der Waals surface area contributed by atoms with Crippen LogP contribution in [0.5, 0.6) is 0 Å². The van der Waals surface area contributed by atoms with Gasteiger partial charge in [0.2, 0.25) is 11.9 Å². The van der Waals surface area contributed by atoms with Crippen molar-refractivity contribution in [1.82, 2.24) is 19.5 Å². The summed E-state index contributed by atoms with van der Waals surface area (Å²) in [6.07, 6.45) is -0.242. The second kappa shape index (κ2) is 6.37. The number of nitrogens with one attached hydrogen (secondary N) is 2. The Bertz CT molecular complexity index is 939. The molecule has 0 aliphatic carbocycles. The summed E-state index contributed by atoms with van der Waals surface area (Å²) in [4.78, 5) is 35.1. The summed E-state index contributed by atoms with van der Waals surface area (Å²) in [6.45, 7) is 3.31. The molecule has 146 valence electrons. The molecule has 4 N–H and O–H groups in total. The van der Waals surface area contributed by atoms with Crippen molar-refractivity contribution in [2.45, 2.75) is 37.7 Å². The van der Waals surface area contributed by atoms with Gasteiger partial charge in [-0.05, 0) is 0 Å². The fourth-order valence-electron chi connectivity index (χ4n) is 3.42. The van der Waals surface area contributed by atoms with Gasteiger partial charge in [-0.25, -0.2) is 4.98 Å². The average Bonchev–Trinajstić information content (AvgIpc) is 3.12. The van der Waals surface area contributed by atoms with Crippen LogP contribution in [-0.4, -0.2) is 73.3 Å². The van der Waals surface area contributed by atoms with E-state index in [0.717, 1.165) is 0 Å². The minimum atomic E-state index is -1.13. The zero-order valence-corrected chi connectivity index (χ0v) is 14.9. The number of amides is 1. The lowest BCUT2D eigenvalue weighted by atomic mass is 9.90. The number of nitrogens with zero attached hydrogens (tertiary/aromatic N) is 3. The molecule has 2 aliphatic heterocycles. The highest BCUT2D eigenvalue weighted by atomic mass is 16.6. The van der Waals surface area contributed by atoms with E-state index in [2.05, 4.69) is 20.3 Å². The number of carbonyl (C=O) groups is 1. The van der Waals surface area contributed by atoms with Crippen molar-refractivity contribution in [2.75, 3.05) is 25.1 Å². The first-order valence-electron chi connectivity index (χ1n) is 8.68. The molecule has 27 heavy (non-hydrogen) atoms. The highest BCUT2D eigenvalue weighted by molar-refractivity contribution is 5.91. The summed E-state index contributed by atoms with van der Waals surface area (Å²) in [6, 6.07) is -0.491. The maximum absolute atomic E-state index is 12.3. The number of fused-ring (bicyclic) bond motifs is 3. The van der Waals surface area contributed by atoms with Crippen molar-refractivity contribution in [3.05, 3.63) is 16.7 Å². The molecular weight excluding hydrogens is 358 g/mol. The van der Waals surface area contributed by atoms with Gasteiger partial charge < -0.3 is 24.3 Å². The first-order valence-corrected chi connectivity index (χ1v) is 8.68. The highest BCUT2D eigenvalue weighted by Gasteiger charge is 2.57. The third kappa shape index (κ3) is 2.74. The van der Waals surface area contributed by atoms with E-state index in [1.807, 2.05) is 0 Å². The SMILES string of the molecule is CC(C)C(=O)Nc1nc2c(ncn2[C@H]2COC3(CO)CO[C@H]2C3O)c(=O)[nH]1. The largest absolute Gasteiger partial charge is 0.393 e. The first-order chi connectivity index (χ1) is 12.9. The Kier molecular flexibility index (Phi) is 4.26. The molecule has 0 aromatic carbocycles. The van der Waals surface area contributed by atoms with Crippen molar-refractivity contribution in [3.8, 4) is 0 Å². The van der Waals surface area contributed by atoms with E-state index >= 15 is 0 Å². The van der Waals surface area contributed by atoms with Crippen molar-refractivity contribution in [3.63, 3.8) is 0 Å². The molecule has 11 heteroatoms. The molecule has 0 spiro atoms. The quantitative estimate of drug-likeness (QED) is 0.516. The highest BCUT2D eigenvalue weighted by Crippen LogP contribution is 2.40. The van der Waals surface area contributed by atoms with E-state index in [0.29, 0.717) is 0 Å². The molecule has 0 saturated carbocycles. The minimum Gasteiger partial charge on any atom is -0.393 e. The number of rotatable bonds is 4. The molecule has 4 atom stereocenters. The van der Waals surface area contributed by atoms with Gasteiger partial charge in [0.05, 0.1) is 32.2 Å². The Morgan fingerprint density at radius 2 is 2.33 bits per heavy atom. The Morgan fingerprint density at radius 3 is 3.04 bits per heavy atom. The fraction of sp³-hybridized carbons (Fsp3) is 0.625. The average molecular weight is 379 g/mol. The number of hydrogen-bond acceptors (Lipinski definition) is 8. The fourth-order valence-corrected chi connectivity index (χ4v) is 3.42. The Morgan fingerprint density at radius 1 is 1.56 bits per heavy atom. The standard InChI is InChI=1S/C16H21N5O6/c1-7(2)13(24)19-15-18-12-9(14(25)20-15)17-6-21(12)8-3-27-16(4-22)5-26-10(8)11(16)23/h6-8,10-11,22-23H,3-5H2,1-2H3,(H2,18,19,20,24,25)/t8-,10+,11?,16?/m0/s1. The van der Waals surface area contributed by atoms with Gasteiger partial charge in [0.15, 0.2) is 11.2 Å². The van der Waals surface area contributed by atoms with Crippen LogP contribution in [0.25, 0.3) is 11.2 Å². The van der Waals surface area contributed by atoms with Crippen molar-refractivity contribution >= 4 is 23.0 Å². The summed E-state index contributed by atoms with van der Waals surface area (Å²) < 4.78 is 13.0. The second-order valence-electron chi connectivity index (χ2n) is 7.20. The summed E-state index contributed by atoms with van der Waals surface area (Å²) in [5, 5.41) is 22.6. The van der Waals surface area contributed by atoms with Gasteiger partial charge in [-0.3, -0.25) is 19.9 Å². The van der Waals surface area contributed by atoms with Crippen LogP contribution in [0.4, 0.5) is 5.95 Å². The smallest absolute Gasteiger partial charge is 0.280 e. The Hall–Kier alpha value is -2.34. The third-order valence-corrected chi connectivity index (χ3v) is 5.11. The van der Waals surface area contributed by atoms with E-state index in [4.69, 9.17) is 9.47 Å². The van der Waals surface area contributed by atoms with Crippen molar-refractivity contribution < 1.29 is 24.5 Å². The number of ether oxygens (including phenoxy) is 2. The minimum absolute atomic E-state index is 0.0160. The lowest BCUT2D eigenvalue weighted by Gasteiger charge is -2.38. The van der Waals surface area contributed by atoms with Crippen LogP contribution in [0.2, 0.25) is 0 Å². The molecule has 2 bridgehead atoms. The monoisotopic (exact) mass is 379 g/mol. The molecule has 4 heterocycles. The first kappa shape index (κ1) is 18.0. The van der Waals surface area contributed by atoms with Gasteiger partial charge in [-0.2, -0.15) is 4.98 Å². The normalized spacial score (nSPS) is 30.2. The summed E-state index contributed by atoms with van der Waals surface area (Å²) in [7, 11) is 0. The molecular formula is C16H21N5O6. The molecule has 0 radical (unpaired) electrons. The Balaban J connectivity index is 1.72. The zero-order chi connectivity index (χ0) is 19.3. The molecule has 1 amide bonds. The maximum Gasteiger partial charge on any atom is 0.280 e. The number of aromatic nitrogens is 4. The number of H-pyrrole nitrogens is 1. The molecule has 2 aromatic rings. The van der Waals surface area contributed by atoms with Gasteiger partial charge in [-0.15, -0.1) is 0 Å². The molecule has 4 rings (SSSR count). The third-order valence-electron chi connectivity index (χ3n) is 5.11. The van der Waals surface area contributed by atoms with Gasteiger partial charge in [-0.1, -0.05) is 13.8 Å². The second-order valence-corrected chi connectivity index (χ2v) is 7.20. The van der Waals surface area contributed by atoms with Crippen LogP contribution in [0.1, 0.15) is 19.9 Å². The summed E-state index contributed by atoms with van der Waals surface area (Å²) >= 11 is 0. The predicted octanol–water partition coefficient (Wildman–Crippen LogP) is -1.22. The van der Waals surface area contributed by atoms with Crippen LogP contribution < -0.4 is 10.9 Å². The van der Waals surface area contributed by atoms with E-state index < -0.39 is 29.4 Å². The van der Waals surface area contributed by atoms with Gasteiger partial charge >= 0.3 is 0 Å². The molecule has 11 nitrogen and oxygen atoms in total. The summed E-state index contributed by atoms with van der Waals surface area (Å²) in [5.74, 6) is -0.551. The van der Waals surface area contributed by atoms with Crippen LogP contribution in [0, 0.1) is 5.92 Å². The van der Waals surface area contributed by atoms with Gasteiger partial charge in [0, 0.05) is 5.92 Å². The number of aliphatic hydroxyl groups excluding tert-OH is 2. The molecule has 2 fully saturated rings. The van der Waals surface area contributed by atoms with Crippen molar-refractivity contribution in [1.29, 1.82) is 0 Å². The van der Waals surface area contributed by atoms with Crippen molar-refractivity contribution in [2.24, 2.45) is 5.92 Å². The lowest BCUT2D eigenvalue weighted by Crippen LogP contribution is -2.56. The number of imidazole rings is 1. The maximum atomic E-state index is 12.3. The number of aromatic amines is 1. The van der Waals surface area contributed by atoms with Crippen LogP contribution in [0.15, 0.2) is 11.1 Å². The Labute approximate surface area is 153 Å². The van der Waals surface area contributed by atoms with E-state index in [9.17, 15) is 19.8 Å². The molecule has 2 aromatic heterocycles. The van der Waals surface area contributed by atoms with E-state index in [-0.39, 0.29) is 48.8 Å². The molecule has 2 saturated heterocycles. The lowest BCUT2D eigenvalue weighted by molar-refractivity contribution is -0.165. The number of anilines is 1. The van der Waals surface area contributed by atoms with Gasteiger partial charge in [0.1, 0.15) is 17.8 Å². The van der Waals surface area contributed by atoms with Gasteiger partial charge in [0.25, 0.3) is 5.56 Å². The summed E-state index contributed by atoms with van der Waals surface area (Å²) in [5.41, 5.74) is -1.28. The number of carbonyl (C=O) groups excluding carboxylic acids is 1. The van der Waals surface area contributed by atoms with E-state index in [1.54, 1.807) is 18.4 Å². The zero-order valence-electron chi connectivity index (χ0n) is 14.9. The molecule has 2 aliphatic rings. The van der Waals surface area contributed by atoms with Crippen LogP contribution in [-0.2, 0) is 14.3 Å². The van der Waals surface area contributed by atoms with E-state index in [1.165, 1.54) is 6.33 Å². The molecule has 2 unspecified atom stereocenters. The predicted molar refractivity (Wildman–Crippen MR) is 92.2 cm³/mol. The number of hydrogen-bond donors (Lipinski definition) is 4. The van der Waals surface area contributed by atoms with Crippen LogP contribution >= 0.6 is 0 Å². The number of aliphatic hydroxyl groups is 2. The topological polar surface area (TPSA) is 152 Å². The van der Waals surface area contributed by atoms with Crippen LogP contribution in [0.3, 0.4) is 0 Å².